The molecular formula is C64H79N9O18S2. The van der Waals surface area contributed by atoms with Crippen LogP contribution in [0.1, 0.15) is 102 Å². The average molecular weight is 1330 g/mol. The van der Waals surface area contributed by atoms with Crippen LogP contribution in [0.3, 0.4) is 0 Å². The molecule has 2 amide bonds. The van der Waals surface area contributed by atoms with Crippen molar-refractivity contribution >= 4 is 66.6 Å². The van der Waals surface area contributed by atoms with Crippen LogP contribution in [-0.2, 0) is 55.2 Å². The van der Waals surface area contributed by atoms with Crippen molar-refractivity contribution in [2.75, 3.05) is 69.5 Å². The van der Waals surface area contributed by atoms with Gasteiger partial charge in [0.1, 0.15) is 48.0 Å². The molecule has 10 N–H and O–H groups in total. The van der Waals surface area contributed by atoms with Crippen LogP contribution in [0.25, 0.3) is 21.3 Å². The molecule has 6 aliphatic rings. The number of thiazole rings is 1. The highest BCUT2D eigenvalue weighted by molar-refractivity contribution is 7.85. The molecule has 5 heterocycles. The van der Waals surface area contributed by atoms with E-state index in [4.69, 9.17) is 48.8 Å². The predicted octanol–water partition coefficient (Wildman–Crippen LogP) is 5.63. The van der Waals surface area contributed by atoms with E-state index in [0.717, 1.165) is 65.6 Å². The number of rotatable bonds is 26. The minimum atomic E-state index is -4.26. The smallest absolute Gasteiger partial charge is 0.409 e. The first-order valence-corrected chi connectivity index (χ1v) is 33.2. The molecule has 2 unspecified atom stereocenters. The number of methoxy groups -OCH3 is 1. The van der Waals surface area contributed by atoms with E-state index < -0.39 is 76.3 Å². The fourth-order valence-electron chi connectivity index (χ4n) is 15.6. The van der Waals surface area contributed by atoms with Crippen molar-refractivity contribution in [1.82, 2.24) is 30.0 Å². The number of amides is 2. The molecule has 0 spiro atoms. The van der Waals surface area contributed by atoms with Crippen LogP contribution < -0.4 is 35.5 Å². The monoisotopic (exact) mass is 1330 g/mol. The topological polar surface area (TPSA) is 379 Å². The summed E-state index contributed by atoms with van der Waals surface area (Å²) in [4.78, 5) is 65.4. The van der Waals surface area contributed by atoms with E-state index in [0.29, 0.717) is 71.4 Å². The number of aliphatic hydroxyl groups is 3. The third-order valence-corrected chi connectivity index (χ3v) is 20.3. The van der Waals surface area contributed by atoms with Gasteiger partial charge >= 0.3 is 18.0 Å². The van der Waals surface area contributed by atoms with Crippen LogP contribution in [0.5, 0.6) is 17.2 Å². The van der Waals surface area contributed by atoms with Gasteiger partial charge in [-0.2, -0.15) is 13.5 Å². The Labute approximate surface area is 540 Å². The number of aromatic nitrogens is 4. The highest BCUT2D eigenvalue weighted by atomic mass is 32.2. The Balaban J connectivity index is 0.732. The minimum absolute atomic E-state index is 0.0126. The van der Waals surface area contributed by atoms with E-state index in [2.05, 4.69) is 29.5 Å². The Bertz CT molecular complexity index is 3870. The third kappa shape index (κ3) is 14.7. The second-order valence-corrected chi connectivity index (χ2v) is 28.8. The third-order valence-electron chi connectivity index (χ3n) is 18.5. The number of carboxylic acids is 2. The molecule has 4 saturated carbocycles. The summed E-state index contributed by atoms with van der Waals surface area (Å²) >= 11 is 1.39. The summed E-state index contributed by atoms with van der Waals surface area (Å²) in [7, 11) is -1.06. The highest BCUT2D eigenvalue weighted by Crippen LogP contribution is 2.72. The molecular weight excluding hydrogens is 1250 g/mol. The number of carbonyl (C=O) groups excluding carboxylic acids is 2. The van der Waals surface area contributed by atoms with Crippen LogP contribution in [0.15, 0.2) is 72.9 Å². The number of pyridine rings is 1. The molecule has 27 nitrogen and oxygen atoms in total. The Morgan fingerprint density at radius 2 is 1.67 bits per heavy atom. The molecule has 1 saturated heterocycles. The fourth-order valence-corrected chi connectivity index (χ4v) is 17.1. The minimum Gasteiger partial charge on any atom is -0.496 e. The number of aliphatic carboxylic acids is 1. The zero-order valence-electron chi connectivity index (χ0n) is 52.3. The standard InChI is InChI=1S/C64H79N9O18S2/c1-36-43(41-14-16-49(69-50(41)56(78)79)72-19-17-40-44(26-72)42(13-15-46(40)86-5)55(77)70-59-68-45-9-6-7-10-48(45)92-59)25-67-73(36)35-63-30-61(2)29-62(3,31-63)33-64(32-61,34-63)89-22-20-71(4)60(82)88-27-37-11-12-39(90-58-53(76)51(74)52(75)54(91-58)57(80)81)23-47(37)87-21-8-18-66-24-38(65)28-93(83,84)85/h6-7,9-16,23,25,38,51-54,58,66,74-76H,8,17-22,24,26-35,65H2,1-5H3,(H,78,79)(H,80,81)(H,68,70,77)(H,83,84,85)/t38-,51+,52+,53-,54+,58-,61?,62?,63?,64?/m1/s1. The average Bonchev–Trinajstić information content (AvgIpc) is 0.739. The van der Waals surface area contributed by atoms with Gasteiger partial charge in [-0.3, -0.25) is 19.3 Å². The fraction of sp³-hybridized carbons (Fsp3) is 0.516. The van der Waals surface area contributed by atoms with E-state index in [9.17, 15) is 53.1 Å². The number of likely N-dealkylation sites (N-methyl/N-ethyl adjacent to an activating group) is 1. The molecule has 12 rings (SSSR count). The maximum absolute atomic E-state index is 13.9. The number of nitrogens with one attached hydrogen (secondary N) is 2. The SMILES string of the molecule is COc1ccc(C(=O)Nc2nc3ccccc3s2)c2c1CCN(c1ccc(-c3cnn(CC45CC6(C)CC(C)(C4)CC(OCCN(C)C(=O)OCc4ccc(O[C@@H]7O[C@H](C(=O)O)[C@@H](O)[C@H](O)[C@H]7O)cc4OCCCNC[C@@H](N)CS(=O)(=O)O)(C6)C5)c3C)c(C(=O)O)n1)C2. The maximum atomic E-state index is 13.9. The Hall–Kier alpha value is -7.58. The number of nitrogens with two attached hydrogens (primary N) is 1. The van der Waals surface area contributed by atoms with Gasteiger partial charge in [0.25, 0.3) is 16.0 Å². The first kappa shape index (κ1) is 66.9. The number of carboxylic acid groups (broad SMARTS) is 2. The van der Waals surface area contributed by atoms with Crippen molar-refractivity contribution in [2.45, 2.75) is 134 Å². The lowest BCUT2D eigenvalue weighted by Gasteiger charge is -2.69. The summed E-state index contributed by atoms with van der Waals surface area (Å²) in [5.74, 6) is -2.41. The van der Waals surface area contributed by atoms with Crippen molar-refractivity contribution < 1.29 is 86.1 Å². The molecule has 4 aliphatic carbocycles. The Morgan fingerprint density at radius 3 is 2.39 bits per heavy atom. The molecule has 0 radical (unpaired) electrons. The molecule has 3 aromatic carbocycles. The quantitative estimate of drug-likeness (QED) is 0.0234. The van der Waals surface area contributed by atoms with Crippen molar-refractivity contribution in [3.05, 3.63) is 107 Å². The molecule has 3 aromatic heterocycles. The number of anilines is 2. The molecule has 29 heteroatoms. The summed E-state index contributed by atoms with van der Waals surface area (Å²) in [6, 6.07) is 18.3. The summed E-state index contributed by atoms with van der Waals surface area (Å²) in [5, 5.41) is 62.9. The molecule has 5 fully saturated rings. The van der Waals surface area contributed by atoms with Crippen LogP contribution in [-0.4, -0.2) is 189 Å². The van der Waals surface area contributed by atoms with E-state index >= 15 is 0 Å². The number of para-hydroxylation sites is 1. The van der Waals surface area contributed by atoms with Crippen LogP contribution in [0.4, 0.5) is 15.7 Å². The highest BCUT2D eigenvalue weighted by Gasteiger charge is 2.66. The van der Waals surface area contributed by atoms with Gasteiger partial charge in [-0.1, -0.05) is 37.3 Å². The van der Waals surface area contributed by atoms with Gasteiger partial charge < -0.3 is 74.8 Å². The number of fused-ring (bicyclic) bond motifs is 2. The number of nitrogens with zero attached hydrogens (tertiary/aromatic N) is 6. The molecule has 8 atom stereocenters. The molecule has 93 heavy (non-hydrogen) atoms. The first-order valence-electron chi connectivity index (χ1n) is 30.8. The number of benzene rings is 3. The van der Waals surface area contributed by atoms with Crippen molar-refractivity contribution in [1.29, 1.82) is 0 Å². The summed E-state index contributed by atoms with van der Waals surface area (Å²) in [6.45, 7) is 8.64. The predicted molar refractivity (Wildman–Crippen MR) is 339 cm³/mol. The summed E-state index contributed by atoms with van der Waals surface area (Å²) in [6.07, 6.45) is -1.93. The van der Waals surface area contributed by atoms with E-state index in [1.54, 1.807) is 38.6 Å². The number of ether oxygens (including phenoxy) is 6. The Kier molecular flexibility index (Phi) is 19.2. The summed E-state index contributed by atoms with van der Waals surface area (Å²) in [5.41, 5.74) is 10.1. The largest absolute Gasteiger partial charge is 0.496 e. The number of aliphatic hydroxyl groups excluding tert-OH is 3. The van der Waals surface area contributed by atoms with E-state index in [-0.39, 0.29) is 78.8 Å². The second-order valence-electron chi connectivity index (χ2n) is 26.3. The number of aromatic carboxylic acids is 1. The van der Waals surface area contributed by atoms with Gasteiger partial charge in [-0.15, -0.1) is 0 Å². The molecule has 6 aromatic rings. The maximum Gasteiger partial charge on any atom is 0.409 e. The van der Waals surface area contributed by atoms with E-state index in [1.807, 2.05) is 46.8 Å². The lowest BCUT2D eigenvalue weighted by molar-refractivity contribution is -0.271. The number of carbonyl (C=O) groups is 4. The molecule has 2 aliphatic heterocycles. The van der Waals surface area contributed by atoms with Gasteiger partial charge in [0, 0.05) is 85.4 Å². The lowest BCUT2D eigenvalue weighted by atomic mass is 9.39. The zero-order chi connectivity index (χ0) is 66.4. The Morgan fingerprint density at radius 1 is 0.903 bits per heavy atom. The number of hydrogen-bond donors (Lipinski definition) is 9. The lowest BCUT2D eigenvalue weighted by Crippen LogP contribution is -2.64. The number of hydrogen-bond acceptors (Lipinski definition) is 22. The van der Waals surface area contributed by atoms with Crippen molar-refractivity contribution in [2.24, 2.45) is 22.0 Å². The normalized spacial score (nSPS) is 25.9. The van der Waals surface area contributed by atoms with Crippen molar-refractivity contribution in [3.8, 4) is 28.4 Å². The van der Waals surface area contributed by atoms with Gasteiger partial charge in [0.05, 0.1) is 48.1 Å². The first-order chi connectivity index (χ1) is 44.1. The van der Waals surface area contributed by atoms with Gasteiger partial charge in [0.15, 0.2) is 16.9 Å². The van der Waals surface area contributed by atoms with Crippen molar-refractivity contribution in [3.63, 3.8) is 0 Å². The van der Waals surface area contributed by atoms with Gasteiger partial charge in [0.2, 0.25) is 6.29 Å². The van der Waals surface area contributed by atoms with Gasteiger partial charge in [-0.25, -0.2) is 24.4 Å². The second kappa shape index (κ2) is 26.7. The summed E-state index contributed by atoms with van der Waals surface area (Å²) < 4.78 is 70.1. The molecule has 4 bridgehead atoms. The van der Waals surface area contributed by atoms with E-state index in [1.165, 1.54) is 34.4 Å². The van der Waals surface area contributed by atoms with Crippen LogP contribution in [0.2, 0.25) is 0 Å². The zero-order valence-corrected chi connectivity index (χ0v) is 53.9. The molecule has 500 valence electrons. The van der Waals surface area contributed by atoms with Crippen LogP contribution >= 0.6 is 11.3 Å². The van der Waals surface area contributed by atoms with Crippen LogP contribution in [0, 0.1) is 23.2 Å². The van der Waals surface area contributed by atoms with Gasteiger partial charge in [-0.05, 0) is 135 Å².